The van der Waals surface area contributed by atoms with Gasteiger partial charge in [0.1, 0.15) is 16.4 Å². The SMILES string of the molecule is Clc1ccc2cccc(Oc3ccccc3)c2n1. The molecular formula is C15H10ClNO. The van der Waals surface area contributed by atoms with E-state index in [9.17, 15) is 0 Å². The maximum absolute atomic E-state index is 5.93. The number of para-hydroxylation sites is 2. The summed E-state index contributed by atoms with van der Waals surface area (Å²) in [4.78, 5) is 4.31. The van der Waals surface area contributed by atoms with E-state index in [0.29, 0.717) is 10.9 Å². The molecule has 1 heterocycles. The number of rotatable bonds is 2. The van der Waals surface area contributed by atoms with Crippen LogP contribution >= 0.6 is 11.6 Å². The number of hydrogen-bond acceptors (Lipinski definition) is 2. The fourth-order valence-electron chi connectivity index (χ4n) is 1.79. The number of benzene rings is 2. The van der Waals surface area contributed by atoms with E-state index in [1.807, 2.05) is 54.6 Å². The largest absolute Gasteiger partial charge is 0.455 e. The van der Waals surface area contributed by atoms with Crippen LogP contribution in [0.3, 0.4) is 0 Å². The highest BCUT2D eigenvalue weighted by atomic mass is 35.5. The van der Waals surface area contributed by atoms with Crippen molar-refractivity contribution in [2.24, 2.45) is 0 Å². The summed E-state index contributed by atoms with van der Waals surface area (Å²) in [5.74, 6) is 1.49. The van der Waals surface area contributed by atoms with Crippen molar-refractivity contribution in [1.82, 2.24) is 4.98 Å². The van der Waals surface area contributed by atoms with Crippen LogP contribution in [0.25, 0.3) is 10.9 Å². The van der Waals surface area contributed by atoms with E-state index < -0.39 is 0 Å². The summed E-state index contributed by atoms with van der Waals surface area (Å²) in [6, 6.07) is 19.1. The standard InChI is InChI=1S/C15H10ClNO/c16-14-10-9-11-5-4-8-13(15(11)17-14)18-12-6-2-1-3-7-12/h1-10H. The van der Waals surface area contributed by atoms with Gasteiger partial charge in [0.15, 0.2) is 5.75 Å². The van der Waals surface area contributed by atoms with Gasteiger partial charge in [0.2, 0.25) is 0 Å². The van der Waals surface area contributed by atoms with E-state index in [2.05, 4.69) is 4.98 Å². The lowest BCUT2D eigenvalue weighted by Gasteiger charge is -2.08. The molecule has 0 radical (unpaired) electrons. The van der Waals surface area contributed by atoms with E-state index in [-0.39, 0.29) is 0 Å². The van der Waals surface area contributed by atoms with Crippen molar-refractivity contribution in [1.29, 1.82) is 0 Å². The first kappa shape index (κ1) is 11.1. The molecule has 0 saturated carbocycles. The zero-order valence-corrected chi connectivity index (χ0v) is 10.3. The number of halogens is 1. The van der Waals surface area contributed by atoms with E-state index >= 15 is 0 Å². The number of pyridine rings is 1. The summed E-state index contributed by atoms with van der Waals surface area (Å²) in [6.07, 6.45) is 0. The van der Waals surface area contributed by atoms with E-state index in [0.717, 1.165) is 16.7 Å². The van der Waals surface area contributed by atoms with Gasteiger partial charge < -0.3 is 4.74 Å². The molecule has 0 aliphatic heterocycles. The molecule has 88 valence electrons. The van der Waals surface area contributed by atoms with Crippen LogP contribution in [0.15, 0.2) is 60.7 Å². The smallest absolute Gasteiger partial charge is 0.153 e. The minimum absolute atomic E-state index is 0.464. The summed E-state index contributed by atoms with van der Waals surface area (Å²) in [5, 5.41) is 1.47. The molecule has 1 aromatic heterocycles. The molecule has 0 bridgehead atoms. The number of nitrogens with zero attached hydrogens (tertiary/aromatic N) is 1. The van der Waals surface area contributed by atoms with Crippen molar-refractivity contribution >= 4 is 22.5 Å². The summed E-state index contributed by atoms with van der Waals surface area (Å²) in [5.41, 5.74) is 0.772. The molecule has 0 aliphatic rings. The second kappa shape index (κ2) is 4.67. The minimum Gasteiger partial charge on any atom is -0.455 e. The molecule has 0 amide bonds. The summed E-state index contributed by atoms with van der Waals surface area (Å²) >= 11 is 5.93. The molecule has 0 atom stereocenters. The van der Waals surface area contributed by atoms with Crippen LogP contribution in [-0.4, -0.2) is 4.98 Å². The zero-order valence-electron chi connectivity index (χ0n) is 9.51. The minimum atomic E-state index is 0.464. The van der Waals surface area contributed by atoms with E-state index in [1.165, 1.54) is 0 Å². The van der Waals surface area contributed by atoms with Crippen molar-refractivity contribution in [3.05, 3.63) is 65.8 Å². The molecule has 0 fully saturated rings. The van der Waals surface area contributed by atoms with Crippen LogP contribution < -0.4 is 4.74 Å². The van der Waals surface area contributed by atoms with Crippen LogP contribution in [0.1, 0.15) is 0 Å². The molecular weight excluding hydrogens is 246 g/mol. The first-order valence-corrected chi connectivity index (χ1v) is 5.99. The van der Waals surface area contributed by atoms with E-state index in [1.54, 1.807) is 6.07 Å². The Morgan fingerprint density at radius 3 is 2.50 bits per heavy atom. The monoisotopic (exact) mass is 255 g/mol. The average molecular weight is 256 g/mol. The summed E-state index contributed by atoms with van der Waals surface area (Å²) < 4.78 is 5.83. The van der Waals surface area contributed by atoms with Gasteiger partial charge >= 0.3 is 0 Å². The van der Waals surface area contributed by atoms with Crippen molar-refractivity contribution in [3.63, 3.8) is 0 Å². The number of fused-ring (bicyclic) bond motifs is 1. The third-order valence-electron chi connectivity index (χ3n) is 2.62. The van der Waals surface area contributed by atoms with Crippen molar-refractivity contribution in [2.45, 2.75) is 0 Å². The summed E-state index contributed by atoms with van der Waals surface area (Å²) in [6.45, 7) is 0. The predicted octanol–water partition coefficient (Wildman–Crippen LogP) is 4.68. The topological polar surface area (TPSA) is 22.1 Å². The molecule has 0 unspecified atom stereocenters. The van der Waals surface area contributed by atoms with Gasteiger partial charge in [-0.25, -0.2) is 4.98 Å². The van der Waals surface area contributed by atoms with E-state index in [4.69, 9.17) is 16.3 Å². The Hall–Kier alpha value is -2.06. The number of ether oxygens (including phenoxy) is 1. The molecule has 3 rings (SSSR count). The lowest BCUT2D eigenvalue weighted by Crippen LogP contribution is -1.88. The number of hydrogen-bond donors (Lipinski definition) is 0. The third kappa shape index (κ3) is 2.15. The highest BCUT2D eigenvalue weighted by Crippen LogP contribution is 2.29. The molecule has 2 nitrogen and oxygen atoms in total. The Kier molecular flexibility index (Phi) is 2.87. The molecule has 18 heavy (non-hydrogen) atoms. The molecule has 0 spiro atoms. The second-order valence-electron chi connectivity index (χ2n) is 3.88. The van der Waals surface area contributed by atoms with Gasteiger partial charge in [0.25, 0.3) is 0 Å². The zero-order chi connectivity index (χ0) is 12.4. The predicted molar refractivity (Wildman–Crippen MR) is 73.3 cm³/mol. The highest BCUT2D eigenvalue weighted by molar-refractivity contribution is 6.29. The Balaban J connectivity index is 2.09. The van der Waals surface area contributed by atoms with Crippen LogP contribution in [0.4, 0.5) is 0 Å². The molecule has 3 heteroatoms. The van der Waals surface area contributed by atoms with Crippen LogP contribution in [-0.2, 0) is 0 Å². The van der Waals surface area contributed by atoms with Gasteiger partial charge in [-0.1, -0.05) is 41.9 Å². The van der Waals surface area contributed by atoms with Gasteiger partial charge in [-0.15, -0.1) is 0 Å². The normalized spacial score (nSPS) is 10.5. The van der Waals surface area contributed by atoms with Gasteiger partial charge in [-0.3, -0.25) is 0 Å². The molecule has 3 aromatic rings. The first-order chi connectivity index (χ1) is 8.83. The van der Waals surface area contributed by atoms with Gasteiger partial charge in [-0.2, -0.15) is 0 Å². The lowest BCUT2D eigenvalue weighted by molar-refractivity contribution is 0.487. The van der Waals surface area contributed by atoms with Crippen molar-refractivity contribution in [2.75, 3.05) is 0 Å². The number of aromatic nitrogens is 1. The second-order valence-corrected chi connectivity index (χ2v) is 4.26. The fourth-order valence-corrected chi connectivity index (χ4v) is 1.94. The van der Waals surface area contributed by atoms with Crippen molar-refractivity contribution in [3.8, 4) is 11.5 Å². The summed E-state index contributed by atoms with van der Waals surface area (Å²) in [7, 11) is 0. The molecule has 0 aliphatic carbocycles. The Morgan fingerprint density at radius 1 is 0.833 bits per heavy atom. The molecule has 0 saturated heterocycles. The van der Waals surface area contributed by atoms with Crippen LogP contribution in [0.5, 0.6) is 11.5 Å². The maximum atomic E-state index is 5.93. The maximum Gasteiger partial charge on any atom is 0.153 e. The Labute approximate surface area is 110 Å². The third-order valence-corrected chi connectivity index (χ3v) is 2.83. The molecule has 0 N–H and O–H groups in total. The Bertz CT molecular complexity index is 682. The Morgan fingerprint density at radius 2 is 1.67 bits per heavy atom. The van der Waals surface area contributed by atoms with Gasteiger partial charge in [0.05, 0.1) is 0 Å². The van der Waals surface area contributed by atoms with Gasteiger partial charge in [-0.05, 0) is 30.3 Å². The first-order valence-electron chi connectivity index (χ1n) is 5.61. The highest BCUT2D eigenvalue weighted by Gasteiger charge is 2.05. The molecule has 2 aromatic carbocycles. The van der Waals surface area contributed by atoms with Crippen molar-refractivity contribution < 1.29 is 4.74 Å². The van der Waals surface area contributed by atoms with Crippen LogP contribution in [0, 0.1) is 0 Å². The lowest BCUT2D eigenvalue weighted by atomic mass is 10.2. The van der Waals surface area contributed by atoms with Gasteiger partial charge in [0, 0.05) is 5.39 Å². The average Bonchev–Trinajstić information content (AvgIpc) is 2.41. The fraction of sp³-hybridized carbons (Fsp3) is 0. The van der Waals surface area contributed by atoms with Crippen LogP contribution in [0.2, 0.25) is 5.15 Å². The quantitative estimate of drug-likeness (QED) is 0.620.